The summed E-state index contributed by atoms with van der Waals surface area (Å²) in [4.78, 5) is 13.0. The zero-order valence-electron chi connectivity index (χ0n) is 12.4. The Labute approximate surface area is 130 Å². The van der Waals surface area contributed by atoms with Crippen LogP contribution in [0.4, 0.5) is 0 Å². The number of rotatable bonds is 5. The van der Waals surface area contributed by atoms with Crippen molar-refractivity contribution in [2.45, 2.75) is 37.6 Å². The summed E-state index contributed by atoms with van der Waals surface area (Å²) in [5.41, 5.74) is 2.51. The number of amides is 1. The Hall–Kier alpha value is -1.01. The number of thioether (sulfide) groups is 1. The van der Waals surface area contributed by atoms with Crippen LogP contribution in [0, 0.1) is 13.8 Å². The second-order valence-electron chi connectivity index (χ2n) is 5.51. The van der Waals surface area contributed by atoms with Crippen LogP contribution in [0.15, 0.2) is 23.1 Å². The number of carbonyl (C=O) groups excluding carboxylic acids is 1. The highest BCUT2D eigenvalue weighted by molar-refractivity contribution is 7.99. The van der Waals surface area contributed by atoms with Crippen LogP contribution in [-0.4, -0.2) is 37.6 Å². The second kappa shape index (κ2) is 6.83. The molecule has 0 radical (unpaired) electrons. The van der Waals surface area contributed by atoms with Crippen LogP contribution in [-0.2, 0) is 14.6 Å². The fourth-order valence-electron chi connectivity index (χ4n) is 2.27. The molecule has 1 aromatic carbocycles. The minimum absolute atomic E-state index is 0.0616. The quantitative estimate of drug-likeness (QED) is 0.841. The number of hydrogen-bond donors (Lipinski definition) is 1. The van der Waals surface area contributed by atoms with Crippen molar-refractivity contribution in [3.63, 3.8) is 0 Å². The standard InChI is InChI=1S/C15H21NO3S2/c1-11-3-4-14(9-12(11)2)20-7-5-15(17)16-13-6-8-21(18,19)10-13/h3-4,9,13H,5-8,10H2,1-2H3,(H,16,17). The van der Waals surface area contributed by atoms with E-state index in [-0.39, 0.29) is 23.5 Å². The predicted octanol–water partition coefficient (Wildman–Crippen LogP) is 2.09. The molecule has 116 valence electrons. The van der Waals surface area contributed by atoms with Gasteiger partial charge in [-0.1, -0.05) is 6.07 Å². The topological polar surface area (TPSA) is 63.2 Å². The second-order valence-corrected chi connectivity index (χ2v) is 8.91. The van der Waals surface area contributed by atoms with Crippen LogP contribution in [0.1, 0.15) is 24.0 Å². The Balaban J connectivity index is 1.73. The minimum atomic E-state index is -2.93. The lowest BCUT2D eigenvalue weighted by atomic mass is 10.1. The summed E-state index contributed by atoms with van der Waals surface area (Å²) in [6.45, 7) is 4.15. The summed E-state index contributed by atoms with van der Waals surface area (Å²) in [5.74, 6) is 0.917. The molecule has 1 N–H and O–H groups in total. The van der Waals surface area contributed by atoms with E-state index in [2.05, 4.69) is 37.4 Å². The van der Waals surface area contributed by atoms with Gasteiger partial charge in [0, 0.05) is 23.1 Å². The highest BCUT2D eigenvalue weighted by Crippen LogP contribution is 2.21. The van der Waals surface area contributed by atoms with Crippen molar-refractivity contribution in [2.75, 3.05) is 17.3 Å². The van der Waals surface area contributed by atoms with E-state index in [4.69, 9.17) is 0 Å². The fraction of sp³-hybridized carbons (Fsp3) is 0.533. The highest BCUT2D eigenvalue weighted by Gasteiger charge is 2.28. The number of sulfone groups is 1. The van der Waals surface area contributed by atoms with Crippen molar-refractivity contribution in [3.05, 3.63) is 29.3 Å². The summed E-state index contributed by atoms with van der Waals surface area (Å²) in [6.07, 6.45) is 0.951. The molecule has 0 aliphatic carbocycles. The normalized spacial score (nSPS) is 20.4. The summed E-state index contributed by atoms with van der Waals surface area (Å²) < 4.78 is 22.7. The molecule has 4 nitrogen and oxygen atoms in total. The van der Waals surface area contributed by atoms with Gasteiger partial charge in [-0.15, -0.1) is 11.8 Å². The van der Waals surface area contributed by atoms with E-state index < -0.39 is 9.84 Å². The lowest BCUT2D eigenvalue weighted by Crippen LogP contribution is -2.35. The van der Waals surface area contributed by atoms with Gasteiger partial charge in [0.05, 0.1) is 11.5 Å². The van der Waals surface area contributed by atoms with Crippen molar-refractivity contribution < 1.29 is 13.2 Å². The lowest BCUT2D eigenvalue weighted by molar-refractivity contribution is -0.121. The molecule has 1 aliphatic heterocycles. The average Bonchev–Trinajstić information content (AvgIpc) is 2.73. The molecule has 1 fully saturated rings. The Bertz CT molecular complexity index is 626. The van der Waals surface area contributed by atoms with Gasteiger partial charge in [-0.3, -0.25) is 4.79 Å². The monoisotopic (exact) mass is 327 g/mol. The molecule has 1 saturated heterocycles. The van der Waals surface area contributed by atoms with Gasteiger partial charge in [-0.25, -0.2) is 8.42 Å². The van der Waals surface area contributed by atoms with Crippen LogP contribution >= 0.6 is 11.8 Å². The van der Waals surface area contributed by atoms with Gasteiger partial charge in [0.25, 0.3) is 0 Å². The van der Waals surface area contributed by atoms with Crippen LogP contribution in [0.2, 0.25) is 0 Å². The van der Waals surface area contributed by atoms with E-state index in [1.807, 2.05) is 0 Å². The van der Waals surface area contributed by atoms with Crippen LogP contribution in [0.25, 0.3) is 0 Å². The minimum Gasteiger partial charge on any atom is -0.352 e. The third-order valence-corrected chi connectivity index (χ3v) is 6.44. The molecule has 0 spiro atoms. The van der Waals surface area contributed by atoms with Gasteiger partial charge >= 0.3 is 0 Å². The van der Waals surface area contributed by atoms with E-state index in [1.165, 1.54) is 11.1 Å². The lowest BCUT2D eigenvalue weighted by Gasteiger charge is -2.10. The molecule has 0 aromatic heterocycles. The maximum Gasteiger partial charge on any atom is 0.221 e. The van der Waals surface area contributed by atoms with Crippen molar-refractivity contribution in [1.82, 2.24) is 5.32 Å². The Morgan fingerprint density at radius 1 is 1.33 bits per heavy atom. The van der Waals surface area contributed by atoms with E-state index in [1.54, 1.807) is 11.8 Å². The molecule has 6 heteroatoms. The average molecular weight is 327 g/mol. The van der Waals surface area contributed by atoms with Crippen molar-refractivity contribution in [3.8, 4) is 0 Å². The Morgan fingerprint density at radius 2 is 2.10 bits per heavy atom. The number of nitrogens with one attached hydrogen (secondary N) is 1. The molecule has 1 unspecified atom stereocenters. The molecule has 1 heterocycles. The first-order chi connectivity index (χ1) is 9.85. The van der Waals surface area contributed by atoms with Gasteiger partial charge in [0.1, 0.15) is 0 Å². The van der Waals surface area contributed by atoms with E-state index in [0.29, 0.717) is 18.6 Å². The largest absolute Gasteiger partial charge is 0.352 e. The third-order valence-electron chi connectivity index (χ3n) is 3.67. The molecule has 1 amide bonds. The molecular weight excluding hydrogens is 306 g/mol. The Morgan fingerprint density at radius 3 is 2.71 bits per heavy atom. The van der Waals surface area contributed by atoms with Crippen LogP contribution in [0.3, 0.4) is 0 Å². The molecule has 1 aromatic rings. The van der Waals surface area contributed by atoms with Crippen LogP contribution in [0.5, 0.6) is 0 Å². The summed E-state index contributed by atoms with van der Waals surface area (Å²) in [7, 11) is -2.93. The predicted molar refractivity (Wildman–Crippen MR) is 86.5 cm³/mol. The van der Waals surface area contributed by atoms with Gasteiger partial charge in [-0.2, -0.15) is 0 Å². The molecule has 0 saturated carbocycles. The summed E-state index contributed by atoms with van der Waals surface area (Å²) in [6, 6.07) is 6.07. The van der Waals surface area contributed by atoms with Gasteiger partial charge in [0.2, 0.25) is 5.91 Å². The molecule has 1 aliphatic rings. The zero-order valence-corrected chi connectivity index (χ0v) is 14.0. The van der Waals surface area contributed by atoms with E-state index >= 15 is 0 Å². The van der Waals surface area contributed by atoms with Crippen molar-refractivity contribution >= 4 is 27.5 Å². The van der Waals surface area contributed by atoms with E-state index in [0.717, 1.165) is 4.90 Å². The van der Waals surface area contributed by atoms with E-state index in [9.17, 15) is 13.2 Å². The molecule has 2 rings (SSSR count). The first-order valence-corrected chi connectivity index (χ1v) is 9.86. The molecule has 1 atom stereocenters. The third kappa shape index (κ3) is 5.04. The summed E-state index contributed by atoms with van der Waals surface area (Å²) >= 11 is 1.65. The first-order valence-electron chi connectivity index (χ1n) is 7.05. The number of benzene rings is 1. The summed E-state index contributed by atoms with van der Waals surface area (Å²) in [5, 5.41) is 2.81. The maximum atomic E-state index is 11.8. The van der Waals surface area contributed by atoms with Crippen molar-refractivity contribution in [2.24, 2.45) is 0 Å². The fourth-order valence-corrected chi connectivity index (χ4v) is 4.89. The SMILES string of the molecule is Cc1ccc(SCCC(=O)NC2CCS(=O)(=O)C2)cc1C. The molecule has 21 heavy (non-hydrogen) atoms. The number of hydrogen-bond acceptors (Lipinski definition) is 4. The zero-order chi connectivity index (χ0) is 15.5. The first kappa shape index (κ1) is 16.4. The maximum absolute atomic E-state index is 11.8. The molecular formula is C15H21NO3S2. The molecule has 0 bridgehead atoms. The van der Waals surface area contributed by atoms with Gasteiger partial charge < -0.3 is 5.32 Å². The van der Waals surface area contributed by atoms with Crippen LogP contribution < -0.4 is 5.32 Å². The Kier molecular flexibility index (Phi) is 5.32. The smallest absolute Gasteiger partial charge is 0.221 e. The number of aryl methyl sites for hydroxylation is 2. The van der Waals surface area contributed by atoms with Gasteiger partial charge in [-0.05, 0) is 43.5 Å². The van der Waals surface area contributed by atoms with Gasteiger partial charge in [0.15, 0.2) is 9.84 Å². The highest BCUT2D eigenvalue weighted by atomic mass is 32.2. The number of carbonyl (C=O) groups is 1. The van der Waals surface area contributed by atoms with Crippen molar-refractivity contribution in [1.29, 1.82) is 0 Å².